The molecule has 0 amide bonds. The monoisotopic (exact) mass is 340 g/mol. The molecule has 0 aliphatic carbocycles. The van der Waals surface area contributed by atoms with E-state index < -0.39 is 11.9 Å². The minimum absolute atomic E-state index is 0.00788. The fourth-order valence-corrected chi connectivity index (χ4v) is 1.88. The van der Waals surface area contributed by atoms with E-state index in [4.69, 9.17) is 14.2 Å². The average Bonchev–Trinajstić information content (AvgIpc) is 2.61. The molecule has 5 nitrogen and oxygen atoms in total. The zero-order valence-corrected chi connectivity index (χ0v) is 14.3. The summed E-state index contributed by atoms with van der Waals surface area (Å²) < 4.78 is 15.6. The van der Waals surface area contributed by atoms with Crippen molar-refractivity contribution < 1.29 is 23.8 Å². The van der Waals surface area contributed by atoms with Crippen LogP contribution in [0.4, 0.5) is 0 Å². The molecule has 0 heterocycles. The summed E-state index contributed by atoms with van der Waals surface area (Å²) >= 11 is 0. The summed E-state index contributed by atoms with van der Waals surface area (Å²) in [7, 11) is 0. The van der Waals surface area contributed by atoms with Crippen LogP contribution in [-0.2, 0) is 14.3 Å². The van der Waals surface area contributed by atoms with Crippen LogP contribution in [0.1, 0.15) is 22.8 Å². The molecule has 5 heteroatoms. The van der Waals surface area contributed by atoms with Crippen LogP contribution in [0.3, 0.4) is 0 Å². The van der Waals surface area contributed by atoms with Gasteiger partial charge in [0.15, 0.2) is 0 Å². The Balaban J connectivity index is 1.82. The molecular weight excluding hydrogens is 320 g/mol. The summed E-state index contributed by atoms with van der Waals surface area (Å²) in [6, 6.07) is 14.3. The van der Waals surface area contributed by atoms with E-state index in [0.29, 0.717) is 16.9 Å². The van der Waals surface area contributed by atoms with Gasteiger partial charge in [-0.05, 0) is 50.2 Å². The normalized spacial score (nSPS) is 10.0. The number of benzene rings is 2. The van der Waals surface area contributed by atoms with Crippen molar-refractivity contribution in [1.29, 1.82) is 0 Å². The molecule has 0 fully saturated rings. The van der Waals surface area contributed by atoms with E-state index in [0.717, 1.165) is 11.3 Å². The van der Waals surface area contributed by atoms with E-state index in [-0.39, 0.29) is 13.2 Å². The third-order valence-corrected chi connectivity index (χ3v) is 3.24. The van der Waals surface area contributed by atoms with Crippen LogP contribution < -0.4 is 4.74 Å². The highest BCUT2D eigenvalue weighted by Gasteiger charge is 2.09. The molecule has 0 saturated heterocycles. The summed E-state index contributed by atoms with van der Waals surface area (Å²) in [4.78, 5) is 23.1. The van der Waals surface area contributed by atoms with Crippen LogP contribution in [-0.4, -0.2) is 25.2 Å². The van der Waals surface area contributed by atoms with Crippen LogP contribution in [0, 0.1) is 6.92 Å². The lowest BCUT2D eigenvalue weighted by Gasteiger charge is -2.08. The van der Waals surface area contributed by atoms with Crippen molar-refractivity contribution in [3.05, 3.63) is 71.8 Å². The number of ether oxygens (including phenoxy) is 3. The highest BCUT2D eigenvalue weighted by Crippen LogP contribution is 2.22. The molecule has 2 aromatic rings. The second-order valence-electron chi connectivity index (χ2n) is 5.49. The second kappa shape index (κ2) is 8.68. The SMILES string of the molecule is C=C(C)C(=O)OCCOC(=O)c1ccc(Oc2ccc(C)cc2)cc1. The van der Waals surface area contributed by atoms with Crippen molar-refractivity contribution in [1.82, 2.24) is 0 Å². The second-order valence-corrected chi connectivity index (χ2v) is 5.49. The van der Waals surface area contributed by atoms with Gasteiger partial charge in [-0.1, -0.05) is 24.3 Å². The first-order valence-corrected chi connectivity index (χ1v) is 7.80. The van der Waals surface area contributed by atoms with Gasteiger partial charge in [0.1, 0.15) is 24.7 Å². The van der Waals surface area contributed by atoms with Gasteiger partial charge in [-0.25, -0.2) is 9.59 Å². The number of aryl methyl sites for hydroxylation is 1. The van der Waals surface area contributed by atoms with E-state index in [1.54, 1.807) is 31.2 Å². The minimum atomic E-state index is -0.506. The number of hydrogen-bond acceptors (Lipinski definition) is 5. The third-order valence-electron chi connectivity index (χ3n) is 3.24. The van der Waals surface area contributed by atoms with Crippen molar-refractivity contribution in [3.63, 3.8) is 0 Å². The maximum Gasteiger partial charge on any atom is 0.338 e. The van der Waals surface area contributed by atoms with Gasteiger partial charge in [-0.2, -0.15) is 0 Å². The summed E-state index contributed by atoms with van der Waals surface area (Å²) in [5.41, 5.74) is 1.84. The standard InChI is InChI=1S/C20H20O5/c1-14(2)19(21)23-12-13-24-20(22)16-6-10-18(11-7-16)25-17-8-4-15(3)5-9-17/h4-11H,1,12-13H2,2-3H3. The van der Waals surface area contributed by atoms with Gasteiger partial charge >= 0.3 is 11.9 Å². The Hall–Kier alpha value is -3.08. The Bertz CT molecular complexity index is 745. The van der Waals surface area contributed by atoms with Gasteiger partial charge in [0, 0.05) is 5.57 Å². The van der Waals surface area contributed by atoms with Crippen molar-refractivity contribution in [2.45, 2.75) is 13.8 Å². The molecule has 0 aromatic heterocycles. The van der Waals surface area contributed by atoms with Crippen molar-refractivity contribution in [3.8, 4) is 11.5 Å². The number of carbonyl (C=O) groups is 2. The predicted molar refractivity (Wildman–Crippen MR) is 93.8 cm³/mol. The van der Waals surface area contributed by atoms with Crippen LogP contribution >= 0.6 is 0 Å². The maximum atomic E-state index is 11.9. The Morgan fingerprint density at radius 2 is 1.40 bits per heavy atom. The fraction of sp³-hybridized carbons (Fsp3) is 0.200. The molecule has 0 aliphatic rings. The number of hydrogen-bond donors (Lipinski definition) is 0. The molecule has 0 unspecified atom stereocenters. The molecule has 2 rings (SSSR count). The molecule has 0 aliphatic heterocycles. The number of rotatable bonds is 7. The van der Waals surface area contributed by atoms with Gasteiger partial charge < -0.3 is 14.2 Å². The van der Waals surface area contributed by atoms with Crippen molar-refractivity contribution in [2.24, 2.45) is 0 Å². The lowest BCUT2D eigenvalue weighted by molar-refractivity contribution is -0.140. The van der Waals surface area contributed by atoms with E-state index in [1.807, 2.05) is 31.2 Å². The van der Waals surface area contributed by atoms with E-state index >= 15 is 0 Å². The molecular formula is C20H20O5. The predicted octanol–water partition coefficient (Wildman–Crippen LogP) is 4.06. The van der Waals surface area contributed by atoms with Gasteiger partial charge in [0.25, 0.3) is 0 Å². The Kier molecular flexibility index (Phi) is 6.34. The maximum absolute atomic E-state index is 11.9. The Morgan fingerprint density at radius 3 is 1.96 bits per heavy atom. The summed E-state index contributed by atoms with van der Waals surface area (Å²) in [6.07, 6.45) is 0. The van der Waals surface area contributed by atoms with E-state index in [9.17, 15) is 9.59 Å². The molecule has 0 radical (unpaired) electrons. The number of carbonyl (C=O) groups excluding carboxylic acids is 2. The molecule has 0 N–H and O–H groups in total. The van der Waals surface area contributed by atoms with Crippen LogP contribution in [0.25, 0.3) is 0 Å². The summed E-state index contributed by atoms with van der Waals surface area (Å²) in [5.74, 6) is 0.345. The van der Waals surface area contributed by atoms with Crippen molar-refractivity contribution in [2.75, 3.05) is 13.2 Å². The smallest absolute Gasteiger partial charge is 0.338 e. The molecule has 0 saturated carbocycles. The lowest BCUT2D eigenvalue weighted by Crippen LogP contribution is -2.14. The molecule has 25 heavy (non-hydrogen) atoms. The highest BCUT2D eigenvalue weighted by molar-refractivity contribution is 5.89. The lowest BCUT2D eigenvalue weighted by atomic mass is 10.2. The molecule has 0 bridgehead atoms. The highest BCUT2D eigenvalue weighted by atomic mass is 16.6. The molecule has 2 aromatic carbocycles. The summed E-state index contributed by atoms with van der Waals surface area (Å²) in [6.45, 7) is 7.00. The van der Waals surface area contributed by atoms with E-state index in [1.165, 1.54) is 0 Å². The molecule has 0 atom stereocenters. The number of esters is 2. The van der Waals surface area contributed by atoms with Crippen LogP contribution in [0.2, 0.25) is 0 Å². The summed E-state index contributed by atoms with van der Waals surface area (Å²) in [5, 5.41) is 0. The Morgan fingerprint density at radius 1 is 0.880 bits per heavy atom. The first-order chi connectivity index (χ1) is 12.0. The third kappa shape index (κ3) is 5.80. The van der Waals surface area contributed by atoms with Crippen LogP contribution in [0.15, 0.2) is 60.7 Å². The van der Waals surface area contributed by atoms with Gasteiger partial charge in [0.05, 0.1) is 5.56 Å². The van der Waals surface area contributed by atoms with Crippen molar-refractivity contribution >= 4 is 11.9 Å². The largest absolute Gasteiger partial charge is 0.459 e. The molecule has 130 valence electrons. The van der Waals surface area contributed by atoms with E-state index in [2.05, 4.69) is 6.58 Å². The quantitative estimate of drug-likeness (QED) is 0.432. The zero-order valence-electron chi connectivity index (χ0n) is 14.3. The van der Waals surface area contributed by atoms with Gasteiger partial charge in [-0.3, -0.25) is 0 Å². The topological polar surface area (TPSA) is 61.8 Å². The van der Waals surface area contributed by atoms with Crippen LogP contribution in [0.5, 0.6) is 11.5 Å². The van der Waals surface area contributed by atoms with Gasteiger partial charge in [0.2, 0.25) is 0 Å². The Labute approximate surface area is 146 Å². The fourth-order valence-electron chi connectivity index (χ4n) is 1.88. The van der Waals surface area contributed by atoms with Gasteiger partial charge in [-0.15, -0.1) is 0 Å². The first-order valence-electron chi connectivity index (χ1n) is 7.80. The zero-order chi connectivity index (χ0) is 18.2. The first kappa shape index (κ1) is 18.3. The minimum Gasteiger partial charge on any atom is -0.459 e. The average molecular weight is 340 g/mol. The molecule has 0 spiro atoms.